The predicted molar refractivity (Wildman–Crippen MR) is 310 cm³/mol. The molecule has 9 fully saturated rings. The van der Waals surface area contributed by atoms with Crippen LogP contribution in [0.1, 0.15) is 185 Å². The summed E-state index contributed by atoms with van der Waals surface area (Å²) in [5.41, 5.74) is -2.50. The van der Waals surface area contributed by atoms with Crippen molar-refractivity contribution in [2.75, 3.05) is 6.61 Å². The number of carbonyl (C=O) groups excluding carboxylic acids is 1. The van der Waals surface area contributed by atoms with Crippen molar-refractivity contribution >= 4 is 17.9 Å². The van der Waals surface area contributed by atoms with Gasteiger partial charge in [0.1, 0.15) is 17.8 Å². The Kier molecular flexibility index (Phi) is 19.5. The third kappa shape index (κ3) is 14.0. The van der Waals surface area contributed by atoms with Crippen LogP contribution in [0.4, 0.5) is 0 Å². The number of aliphatic carboxylic acids is 2. The van der Waals surface area contributed by atoms with Crippen LogP contribution in [0.3, 0.4) is 0 Å². The fourth-order valence-electron chi connectivity index (χ4n) is 16.9. The lowest BCUT2D eigenvalue weighted by Crippen LogP contribution is -2.74. The summed E-state index contributed by atoms with van der Waals surface area (Å²) in [6.07, 6.45) is 6.26. The van der Waals surface area contributed by atoms with E-state index in [1.165, 1.54) is 0 Å². The van der Waals surface area contributed by atoms with E-state index in [0.717, 1.165) is 17.6 Å². The van der Waals surface area contributed by atoms with E-state index < -0.39 is 88.6 Å². The highest BCUT2D eigenvalue weighted by Crippen LogP contribution is 2.54. The molecule has 19 heteroatoms. The van der Waals surface area contributed by atoms with E-state index in [0.29, 0.717) is 77.0 Å². The van der Waals surface area contributed by atoms with Gasteiger partial charge in [-0.25, -0.2) is 0 Å². The van der Waals surface area contributed by atoms with Gasteiger partial charge >= 0.3 is 17.9 Å². The fourth-order valence-corrected chi connectivity index (χ4v) is 16.9. The molecule has 10 heterocycles. The van der Waals surface area contributed by atoms with Crippen molar-refractivity contribution in [3.8, 4) is 0 Å². The Balaban J connectivity index is 0.765. The molecular formula is C66H102O19. The summed E-state index contributed by atoms with van der Waals surface area (Å²) in [7, 11) is 0. The molecule has 28 atom stereocenters. The van der Waals surface area contributed by atoms with Gasteiger partial charge in [0.05, 0.1) is 133 Å². The van der Waals surface area contributed by atoms with E-state index in [2.05, 4.69) is 59.4 Å². The number of fused-ring (bicyclic) bond motifs is 8. The third-order valence-corrected chi connectivity index (χ3v) is 21.5. The number of aliphatic hydroxyl groups excluding tert-OH is 2. The van der Waals surface area contributed by atoms with Crippen LogP contribution < -0.4 is 0 Å². The van der Waals surface area contributed by atoms with Crippen molar-refractivity contribution in [3.63, 3.8) is 0 Å². The highest BCUT2D eigenvalue weighted by molar-refractivity contribution is 5.72. The lowest BCUT2D eigenvalue weighted by molar-refractivity contribution is -0.369. The first-order chi connectivity index (χ1) is 39.9. The molecule has 10 aliphatic heterocycles. The summed E-state index contributed by atoms with van der Waals surface area (Å²) in [6, 6.07) is 0. The van der Waals surface area contributed by atoms with Crippen LogP contribution in [-0.4, -0.2) is 188 Å². The molecule has 0 amide bonds. The maximum atomic E-state index is 12.5. The van der Waals surface area contributed by atoms with Gasteiger partial charge < -0.3 is 77.6 Å². The Morgan fingerprint density at radius 1 is 0.741 bits per heavy atom. The zero-order valence-corrected chi connectivity index (χ0v) is 52.4. The lowest BCUT2D eigenvalue weighted by Gasteiger charge is -2.61. The standard InChI is InChI=1S/C66H102O19/c1-34(20-36(3)32-75-57(72)23-35(2)22-55(68)69)21-46-38(5)25-52-63(9,84-46)31-49-60(81-52)61(73)66(12)54(79-49)30-48-59(85-66)37(4)14-13-15-44-43(77-48)16-17-50-64(10,82-44)33-65(11)53(80-50)29-47-45(83-65)18-19-62(8,74)51(78-47)28-41(67)27-42-24-39(6)58(76-42)40(7)26-56(70)71/h13-14,20,35-37,39-54,58-61,67,73-74H,5,15-19,21-33H2,1-4,6-12H3,(H,68,69)(H,70,71)/b14-13-,34-20+/t35?,36?,37-,39-,40?,41?,42+,43-,44+,45-,46+,47+,48+,49+,50+,51-,52+,53-,54-,58+,59-,60+,61-,62-,63-,64-,65+,66-/m0/s1. The van der Waals surface area contributed by atoms with Crippen molar-refractivity contribution in [3.05, 3.63) is 36.0 Å². The Morgan fingerprint density at radius 3 is 2.20 bits per heavy atom. The SMILES string of the molecule is C=C1C[C@H]2O[C@@H]3[C@@H](C[C@]2(C)O[C@@H]1C/C(C)=C/C(C)COC(=O)CC(C)CC(=O)O)O[C@H]1C[C@H]2O[C@H]4CC[C@H]5O[C@H]6C[C@H]7O[C@@H](CC(O)C[C@H]8C[C@H](C)[C@H](C(C)CC(=O)O)O8)[C@@](C)(O)CC[C@@H]7O[C@]6(C)C[C@]5(C)O[C@@H]4C/C=C\[C@H](C)[C@@H]2O[C@]1(C)[C@H]3O. The first kappa shape index (κ1) is 65.1. The Morgan fingerprint density at radius 2 is 1.46 bits per heavy atom. The van der Waals surface area contributed by atoms with Crippen molar-refractivity contribution in [2.45, 2.75) is 323 Å². The zero-order chi connectivity index (χ0) is 61.3. The molecule has 0 aromatic rings. The van der Waals surface area contributed by atoms with E-state index in [4.69, 9.17) is 57.2 Å². The van der Waals surface area contributed by atoms with Crippen LogP contribution in [0.5, 0.6) is 0 Å². The number of hydrogen-bond donors (Lipinski definition) is 5. The Bertz CT molecular complexity index is 2470. The Hall–Kier alpha value is -2.89. The minimum Gasteiger partial charge on any atom is -0.481 e. The second-order valence-electron chi connectivity index (χ2n) is 29.4. The minimum atomic E-state index is -1.21. The van der Waals surface area contributed by atoms with Gasteiger partial charge in [0.15, 0.2) is 0 Å². The van der Waals surface area contributed by atoms with Gasteiger partial charge in [-0.05, 0) is 123 Å². The molecular weight excluding hydrogens is 1100 g/mol. The third-order valence-electron chi connectivity index (χ3n) is 21.5. The number of aliphatic hydroxyl groups is 3. The largest absolute Gasteiger partial charge is 0.481 e. The first-order valence-corrected chi connectivity index (χ1v) is 32.3. The average Bonchev–Trinajstić information content (AvgIpc) is 1.94. The topological polar surface area (TPSA) is 254 Å². The van der Waals surface area contributed by atoms with Gasteiger partial charge in [-0.15, -0.1) is 0 Å². The van der Waals surface area contributed by atoms with Gasteiger partial charge in [0, 0.05) is 56.8 Å². The second kappa shape index (κ2) is 25.4. The summed E-state index contributed by atoms with van der Waals surface area (Å²) in [4.78, 5) is 34.9. The number of hydrogen-bond acceptors (Lipinski definition) is 17. The molecule has 0 saturated carbocycles. The smallest absolute Gasteiger partial charge is 0.306 e. The van der Waals surface area contributed by atoms with Gasteiger partial charge in [-0.2, -0.15) is 0 Å². The van der Waals surface area contributed by atoms with Crippen LogP contribution in [0.2, 0.25) is 0 Å². The van der Waals surface area contributed by atoms with Crippen molar-refractivity contribution in [1.29, 1.82) is 0 Å². The van der Waals surface area contributed by atoms with Crippen molar-refractivity contribution in [1.82, 2.24) is 0 Å². The van der Waals surface area contributed by atoms with Crippen molar-refractivity contribution in [2.24, 2.45) is 29.6 Å². The van der Waals surface area contributed by atoms with Crippen LogP contribution in [0, 0.1) is 29.6 Å². The minimum absolute atomic E-state index is 0.0312. The highest BCUT2D eigenvalue weighted by Gasteiger charge is 2.65. The predicted octanol–water partition coefficient (Wildman–Crippen LogP) is 8.28. The molecule has 0 bridgehead atoms. The monoisotopic (exact) mass is 1200 g/mol. The molecule has 5 N–H and O–H groups in total. The maximum absolute atomic E-state index is 12.5. The average molecular weight is 1200 g/mol. The van der Waals surface area contributed by atoms with E-state index in [9.17, 15) is 34.8 Å². The summed E-state index contributed by atoms with van der Waals surface area (Å²) < 4.78 is 75.7. The molecule has 10 rings (SSSR count). The van der Waals surface area contributed by atoms with Gasteiger partial charge in [-0.3, -0.25) is 14.4 Å². The molecule has 10 aliphatic rings. The van der Waals surface area contributed by atoms with E-state index in [-0.39, 0.29) is 129 Å². The molecule has 480 valence electrons. The van der Waals surface area contributed by atoms with Gasteiger partial charge in [0.2, 0.25) is 0 Å². The number of rotatable bonds is 16. The highest BCUT2D eigenvalue weighted by atomic mass is 16.7. The van der Waals surface area contributed by atoms with E-state index in [1.54, 1.807) is 13.8 Å². The molecule has 0 spiro atoms. The summed E-state index contributed by atoms with van der Waals surface area (Å²) >= 11 is 0. The van der Waals surface area contributed by atoms with E-state index in [1.807, 2.05) is 27.7 Å². The summed E-state index contributed by atoms with van der Waals surface area (Å²) in [5, 5.41) is 54.4. The number of esters is 1. The molecule has 19 nitrogen and oxygen atoms in total. The van der Waals surface area contributed by atoms with Crippen LogP contribution in [-0.2, 0) is 66.5 Å². The van der Waals surface area contributed by atoms with Crippen LogP contribution in [0.15, 0.2) is 36.0 Å². The lowest BCUT2D eigenvalue weighted by atomic mass is 9.72. The number of carboxylic acids is 2. The molecule has 85 heavy (non-hydrogen) atoms. The second-order valence-corrected chi connectivity index (χ2v) is 29.4. The molecule has 0 radical (unpaired) electrons. The number of carbonyl (C=O) groups is 3. The fraction of sp³-hybridized carbons (Fsp3) is 0.864. The van der Waals surface area contributed by atoms with E-state index >= 15 is 0 Å². The quantitative estimate of drug-likeness (QED) is 0.0720. The Labute approximate surface area is 503 Å². The van der Waals surface area contributed by atoms with Gasteiger partial charge in [-0.1, -0.05) is 65.0 Å². The zero-order valence-electron chi connectivity index (χ0n) is 52.4. The van der Waals surface area contributed by atoms with Crippen LogP contribution in [0.25, 0.3) is 0 Å². The van der Waals surface area contributed by atoms with Gasteiger partial charge in [0.25, 0.3) is 0 Å². The summed E-state index contributed by atoms with van der Waals surface area (Å²) in [6.45, 7) is 26.6. The number of carboxylic acid groups (broad SMARTS) is 2. The maximum Gasteiger partial charge on any atom is 0.306 e. The molecule has 4 unspecified atom stereocenters. The molecule has 9 saturated heterocycles. The first-order valence-electron chi connectivity index (χ1n) is 32.3. The molecule has 0 aromatic heterocycles. The van der Waals surface area contributed by atoms with Crippen molar-refractivity contribution < 1.29 is 92.0 Å². The summed E-state index contributed by atoms with van der Waals surface area (Å²) in [5.74, 6) is -2.60. The number of ether oxygens (including phenoxy) is 11. The molecule has 0 aromatic carbocycles. The van der Waals surface area contributed by atoms with Crippen LogP contribution >= 0.6 is 0 Å². The normalized spacial score (nSPS) is 48.0. The molecule has 0 aliphatic carbocycles.